The van der Waals surface area contributed by atoms with E-state index in [2.05, 4.69) is 5.32 Å². The Bertz CT molecular complexity index is 863. The number of fused-ring (bicyclic) bond motifs is 1. The third kappa shape index (κ3) is 4.68. The quantitative estimate of drug-likeness (QED) is 0.556. The van der Waals surface area contributed by atoms with Crippen molar-refractivity contribution in [1.82, 2.24) is 10.2 Å². The largest absolute Gasteiger partial charge is 0.494 e. The van der Waals surface area contributed by atoms with Crippen molar-refractivity contribution in [3.05, 3.63) is 59.7 Å². The predicted octanol–water partition coefficient (Wildman–Crippen LogP) is 1.81. The molecule has 1 N–H and O–H groups in total. The number of nitrogens with zero attached hydrogens (tertiary/aromatic N) is 1. The summed E-state index contributed by atoms with van der Waals surface area (Å²) in [6, 6.07) is 14.1. The van der Waals surface area contributed by atoms with Gasteiger partial charge in [-0.3, -0.25) is 19.3 Å². The van der Waals surface area contributed by atoms with Crippen molar-refractivity contribution in [2.24, 2.45) is 0 Å². The predicted molar refractivity (Wildman–Crippen MR) is 102 cm³/mol. The summed E-state index contributed by atoms with van der Waals surface area (Å²) in [5.74, 6) is 0.213. The van der Waals surface area contributed by atoms with E-state index in [0.29, 0.717) is 23.5 Å². The van der Waals surface area contributed by atoms with Gasteiger partial charge in [0.1, 0.15) is 24.7 Å². The molecule has 7 nitrogen and oxygen atoms in total. The number of nitrogens with one attached hydrogen (secondary N) is 1. The van der Waals surface area contributed by atoms with Crippen LogP contribution in [0.3, 0.4) is 0 Å². The van der Waals surface area contributed by atoms with Crippen LogP contribution in [0.4, 0.5) is 0 Å². The van der Waals surface area contributed by atoms with E-state index in [9.17, 15) is 14.4 Å². The number of imide groups is 1. The molecule has 28 heavy (non-hydrogen) atoms. The molecular weight excluding hydrogens is 360 g/mol. The van der Waals surface area contributed by atoms with Crippen LogP contribution in [0.5, 0.6) is 11.5 Å². The fourth-order valence-electron chi connectivity index (χ4n) is 2.92. The molecule has 3 rings (SSSR count). The monoisotopic (exact) mass is 382 g/mol. The van der Waals surface area contributed by atoms with E-state index in [1.165, 1.54) is 0 Å². The number of hydrogen-bond acceptors (Lipinski definition) is 5. The average molecular weight is 382 g/mol. The summed E-state index contributed by atoms with van der Waals surface area (Å²) in [4.78, 5) is 37.7. The van der Waals surface area contributed by atoms with Crippen molar-refractivity contribution in [1.29, 1.82) is 0 Å². The zero-order valence-corrected chi connectivity index (χ0v) is 15.6. The van der Waals surface area contributed by atoms with Gasteiger partial charge in [-0.05, 0) is 42.8 Å². The minimum atomic E-state index is -0.437. The van der Waals surface area contributed by atoms with Gasteiger partial charge in [-0.25, -0.2) is 0 Å². The van der Waals surface area contributed by atoms with E-state index in [1.807, 2.05) is 19.1 Å². The Morgan fingerprint density at radius 3 is 2.43 bits per heavy atom. The Kier molecular flexibility index (Phi) is 6.26. The molecule has 146 valence electrons. The highest BCUT2D eigenvalue weighted by molar-refractivity contribution is 6.11. The molecule has 0 saturated carbocycles. The maximum Gasteiger partial charge on any atom is 0.261 e. The van der Waals surface area contributed by atoms with Crippen LogP contribution < -0.4 is 14.8 Å². The highest BCUT2D eigenvalue weighted by Gasteiger charge is 2.31. The second kappa shape index (κ2) is 9.03. The SMILES string of the molecule is CCOc1ccc(OCCNC(=O)CN2C(=O)Cc3ccccc3C2=O)cc1. The standard InChI is InChI=1S/C21H22N2O5/c1-2-27-16-7-9-17(10-8-16)28-12-11-22-19(24)14-23-20(25)13-15-5-3-4-6-18(15)21(23)26/h3-10H,2,11-14H2,1H3,(H,22,24). The zero-order chi connectivity index (χ0) is 19.9. The van der Waals surface area contributed by atoms with Crippen LogP contribution in [-0.4, -0.2) is 48.9 Å². The maximum absolute atomic E-state index is 12.4. The van der Waals surface area contributed by atoms with Gasteiger partial charge in [0.15, 0.2) is 0 Å². The second-order valence-electron chi connectivity index (χ2n) is 6.22. The van der Waals surface area contributed by atoms with Gasteiger partial charge in [0.25, 0.3) is 5.91 Å². The highest BCUT2D eigenvalue weighted by Crippen LogP contribution is 2.19. The Morgan fingerprint density at radius 2 is 1.71 bits per heavy atom. The Morgan fingerprint density at radius 1 is 1.04 bits per heavy atom. The number of rotatable bonds is 8. The number of benzene rings is 2. The van der Waals surface area contributed by atoms with Gasteiger partial charge in [-0.15, -0.1) is 0 Å². The molecule has 3 amide bonds. The summed E-state index contributed by atoms with van der Waals surface area (Å²) in [5.41, 5.74) is 1.16. The van der Waals surface area contributed by atoms with Gasteiger partial charge in [-0.1, -0.05) is 18.2 Å². The van der Waals surface area contributed by atoms with Crippen LogP contribution in [0.15, 0.2) is 48.5 Å². The van der Waals surface area contributed by atoms with Gasteiger partial charge in [0, 0.05) is 5.56 Å². The second-order valence-corrected chi connectivity index (χ2v) is 6.22. The summed E-state index contributed by atoms with van der Waals surface area (Å²) < 4.78 is 10.9. The molecule has 0 spiro atoms. The third-order valence-corrected chi connectivity index (χ3v) is 4.27. The van der Waals surface area contributed by atoms with Gasteiger partial charge in [0.2, 0.25) is 11.8 Å². The summed E-state index contributed by atoms with van der Waals surface area (Å²) in [6.07, 6.45) is 0.121. The van der Waals surface area contributed by atoms with Gasteiger partial charge in [0.05, 0.1) is 19.6 Å². The molecule has 0 aliphatic carbocycles. The average Bonchev–Trinajstić information content (AvgIpc) is 2.70. The van der Waals surface area contributed by atoms with Crippen LogP contribution in [-0.2, 0) is 16.0 Å². The van der Waals surface area contributed by atoms with E-state index < -0.39 is 11.8 Å². The number of amides is 3. The van der Waals surface area contributed by atoms with E-state index in [4.69, 9.17) is 9.47 Å². The van der Waals surface area contributed by atoms with Crippen LogP contribution in [0, 0.1) is 0 Å². The normalized spacial score (nSPS) is 13.1. The summed E-state index contributed by atoms with van der Waals surface area (Å²) in [7, 11) is 0. The molecular formula is C21H22N2O5. The van der Waals surface area contributed by atoms with Gasteiger partial charge < -0.3 is 14.8 Å². The molecule has 0 radical (unpaired) electrons. The minimum Gasteiger partial charge on any atom is -0.494 e. The third-order valence-electron chi connectivity index (χ3n) is 4.27. The minimum absolute atomic E-state index is 0.121. The van der Waals surface area contributed by atoms with E-state index in [0.717, 1.165) is 10.6 Å². The first kappa shape index (κ1) is 19.4. The number of hydrogen-bond donors (Lipinski definition) is 1. The fourth-order valence-corrected chi connectivity index (χ4v) is 2.92. The molecule has 1 heterocycles. The van der Waals surface area contributed by atoms with Gasteiger partial charge >= 0.3 is 0 Å². The molecule has 0 atom stereocenters. The van der Waals surface area contributed by atoms with Crippen molar-refractivity contribution in [3.63, 3.8) is 0 Å². The summed E-state index contributed by atoms with van der Waals surface area (Å²) in [6.45, 7) is 2.75. The lowest BCUT2D eigenvalue weighted by Crippen LogP contribution is -2.48. The van der Waals surface area contributed by atoms with Crippen molar-refractivity contribution in [2.75, 3.05) is 26.3 Å². The highest BCUT2D eigenvalue weighted by atomic mass is 16.5. The molecule has 1 aliphatic heterocycles. The zero-order valence-electron chi connectivity index (χ0n) is 15.6. The molecule has 0 fully saturated rings. The molecule has 7 heteroatoms. The van der Waals surface area contributed by atoms with Crippen molar-refractivity contribution in [3.8, 4) is 11.5 Å². The van der Waals surface area contributed by atoms with Crippen molar-refractivity contribution < 1.29 is 23.9 Å². The molecule has 0 unspecified atom stereocenters. The molecule has 0 aromatic heterocycles. The van der Waals surface area contributed by atoms with Gasteiger partial charge in [-0.2, -0.15) is 0 Å². The Balaban J connectivity index is 1.44. The van der Waals surface area contributed by atoms with E-state index in [1.54, 1.807) is 36.4 Å². The summed E-state index contributed by atoms with van der Waals surface area (Å²) in [5, 5.41) is 2.66. The van der Waals surface area contributed by atoms with Crippen molar-refractivity contribution in [2.45, 2.75) is 13.3 Å². The first-order chi connectivity index (χ1) is 13.6. The molecule has 2 aromatic rings. The Hall–Kier alpha value is -3.35. The molecule has 2 aromatic carbocycles. The lowest BCUT2D eigenvalue weighted by molar-refractivity contribution is -0.133. The van der Waals surface area contributed by atoms with Crippen LogP contribution in [0.2, 0.25) is 0 Å². The van der Waals surface area contributed by atoms with Crippen LogP contribution >= 0.6 is 0 Å². The molecule has 0 saturated heterocycles. The van der Waals surface area contributed by atoms with E-state index >= 15 is 0 Å². The fraction of sp³-hybridized carbons (Fsp3) is 0.286. The Labute approximate surface area is 163 Å². The van der Waals surface area contributed by atoms with Crippen molar-refractivity contribution >= 4 is 17.7 Å². The maximum atomic E-state index is 12.4. The topological polar surface area (TPSA) is 84.9 Å². The van der Waals surface area contributed by atoms with Crippen LogP contribution in [0.1, 0.15) is 22.8 Å². The number of carbonyl (C=O) groups is 3. The lowest BCUT2D eigenvalue weighted by Gasteiger charge is -2.26. The molecule has 1 aliphatic rings. The number of carbonyl (C=O) groups excluding carboxylic acids is 3. The smallest absolute Gasteiger partial charge is 0.261 e. The first-order valence-electron chi connectivity index (χ1n) is 9.13. The molecule has 0 bridgehead atoms. The number of ether oxygens (including phenoxy) is 2. The van der Waals surface area contributed by atoms with Crippen LogP contribution in [0.25, 0.3) is 0 Å². The summed E-state index contributed by atoms with van der Waals surface area (Å²) >= 11 is 0. The van der Waals surface area contributed by atoms with E-state index in [-0.39, 0.29) is 32.0 Å². The lowest BCUT2D eigenvalue weighted by atomic mass is 9.98. The first-order valence-corrected chi connectivity index (χ1v) is 9.13.